The lowest BCUT2D eigenvalue weighted by molar-refractivity contribution is 0.1000. The summed E-state index contributed by atoms with van der Waals surface area (Å²) in [6.07, 6.45) is 1.40. The molecule has 0 atom stereocenters. The molecule has 0 unspecified atom stereocenters. The first kappa shape index (κ1) is 13.0. The molecule has 0 aliphatic rings. The lowest BCUT2D eigenvalue weighted by Gasteiger charge is -2.06. The SMILES string of the molecule is NCc1cc(OCc2cccc(C(N)=O)c2)ncn1. The van der Waals surface area contributed by atoms with E-state index in [1.165, 1.54) is 6.33 Å². The van der Waals surface area contributed by atoms with Gasteiger partial charge in [0.1, 0.15) is 12.9 Å². The maximum atomic E-state index is 11.1. The molecule has 1 amide bonds. The topological polar surface area (TPSA) is 104 Å². The summed E-state index contributed by atoms with van der Waals surface area (Å²) in [7, 11) is 0. The fourth-order valence-corrected chi connectivity index (χ4v) is 1.54. The summed E-state index contributed by atoms with van der Waals surface area (Å²) in [5.74, 6) is -0.0192. The van der Waals surface area contributed by atoms with Crippen molar-refractivity contribution >= 4 is 5.91 Å². The molecule has 0 spiro atoms. The van der Waals surface area contributed by atoms with E-state index in [4.69, 9.17) is 16.2 Å². The third-order valence-corrected chi connectivity index (χ3v) is 2.51. The third-order valence-electron chi connectivity index (χ3n) is 2.51. The number of rotatable bonds is 5. The maximum Gasteiger partial charge on any atom is 0.248 e. The zero-order chi connectivity index (χ0) is 13.7. The minimum atomic E-state index is -0.464. The second-order valence-corrected chi connectivity index (χ2v) is 3.91. The normalized spacial score (nSPS) is 10.2. The summed E-state index contributed by atoms with van der Waals surface area (Å²) in [5, 5.41) is 0. The maximum absolute atomic E-state index is 11.1. The molecule has 98 valence electrons. The van der Waals surface area contributed by atoms with Crippen molar-refractivity contribution < 1.29 is 9.53 Å². The van der Waals surface area contributed by atoms with Crippen LogP contribution in [0.15, 0.2) is 36.7 Å². The Labute approximate surface area is 110 Å². The van der Waals surface area contributed by atoms with E-state index >= 15 is 0 Å². The smallest absolute Gasteiger partial charge is 0.248 e. The largest absolute Gasteiger partial charge is 0.473 e. The van der Waals surface area contributed by atoms with Crippen LogP contribution < -0.4 is 16.2 Å². The molecule has 6 nitrogen and oxygen atoms in total. The number of hydrogen-bond acceptors (Lipinski definition) is 5. The van der Waals surface area contributed by atoms with E-state index in [1.807, 2.05) is 6.07 Å². The van der Waals surface area contributed by atoms with E-state index in [0.29, 0.717) is 30.3 Å². The van der Waals surface area contributed by atoms with E-state index in [0.717, 1.165) is 5.56 Å². The van der Waals surface area contributed by atoms with Gasteiger partial charge in [0.15, 0.2) is 0 Å². The van der Waals surface area contributed by atoms with Crippen molar-refractivity contribution in [3.63, 3.8) is 0 Å². The number of benzene rings is 1. The molecule has 4 N–H and O–H groups in total. The Bertz CT molecular complexity index is 586. The summed E-state index contributed by atoms with van der Waals surface area (Å²) in [5.41, 5.74) is 12.7. The molecular weight excluding hydrogens is 244 g/mol. The standard InChI is InChI=1S/C13H14N4O2/c14-6-11-5-12(17-8-16-11)19-7-9-2-1-3-10(4-9)13(15)18/h1-5,8H,6-7,14H2,(H2,15,18). The van der Waals surface area contributed by atoms with Crippen LogP contribution >= 0.6 is 0 Å². The van der Waals surface area contributed by atoms with E-state index in [-0.39, 0.29) is 0 Å². The Morgan fingerprint density at radius 1 is 1.26 bits per heavy atom. The molecule has 0 fully saturated rings. The van der Waals surface area contributed by atoms with Gasteiger partial charge in [-0.05, 0) is 17.7 Å². The van der Waals surface area contributed by atoms with E-state index in [2.05, 4.69) is 9.97 Å². The number of carbonyl (C=O) groups excluding carboxylic acids is 1. The van der Waals surface area contributed by atoms with Gasteiger partial charge in [0, 0.05) is 18.2 Å². The number of primary amides is 1. The first-order chi connectivity index (χ1) is 9.19. The number of ether oxygens (including phenoxy) is 1. The highest BCUT2D eigenvalue weighted by atomic mass is 16.5. The molecule has 2 aromatic rings. The van der Waals surface area contributed by atoms with Gasteiger partial charge in [0.25, 0.3) is 0 Å². The van der Waals surface area contributed by atoms with Crippen LogP contribution in [-0.2, 0) is 13.2 Å². The molecule has 0 saturated carbocycles. The first-order valence-corrected chi connectivity index (χ1v) is 5.71. The number of nitrogens with two attached hydrogens (primary N) is 2. The summed E-state index contributed by atoms with van der Waals surface area (Å²) in [6, 6.07) is 8.62. The molecular formula is C13H14N4O2. The Morgan fingerprint density at radius 3 is 2.84 bits per heavy atom. The minimum Gasteiger partial charge on any atom is -0.473 e. The fourth-order valence-electron chi connectivity index (χ4n) is 1.54. The predicted molar refractivity (Wildman–Crippen MR) is 69.2 cm³/mol. The van der Waals surface area contributed by atoms with Crippen molar-refractivity contribution in [2.24, 2.45) is 11.5 Å². The predicted octanol–water partition coefficient (Wildman–Crippen LogP) is 0.613. The average Bonchev–Trinajstić information content (AvgIpc) is 2.45. The van der Waals surface area contributed by atoms with Crippen molar-refractivity contribution in [1.82, 2.24) is 9.97 Å². The van der Waals surface area contributed by atoms with Gasteiger partial charge >= 0.3 is 0 Å². The van der Waals surface area contributed by atoms with Crippen molar-refractivity contribution in [3.05, 3.63) is 53.5 Å². The number of nitrogens with zero attached hydrogens (tertiary/aromatic N) is 2. The highest BCUT2D eigenvalue weighted by Gasteiger charge is 2.03. The zero-order valence-electron chi connectivity index (χ0n) is 10.2. The number of aromatic nitrogens is 2. The first-order valence-electron chi connectivity index (χ1n) is 5.71. The lowest BCUT2D eigenvalue weighted by atomic mass is 10.1. The average molecular weight is 258 g/mol. The van der Waals surface area contributed by atoms with Gasteiger partial charge in [-0.15, -0.1) is 0 Å². The van der Waals surface area contributed by atoms with Crippen LogP contribution in [-0.4, -0.2) is 15.9 Å². The highest BCUT2D eigenvalue weighted by molar-refractivity contribution is 5.92. The van der Waals surface area contributed by atoms with Gasteiger partial charge in [-0.2, -0.15) is 0 Å². The molecule has 1 aromatic heterocycles. The van der Waals surface area contributed by atoms with Crippen molar-refractivity contribution in [3.8, 4) is 5.88 Å². The van der Waals surface area contributed by atoms with Crippen LogP contribution in [0.25, 0.3) is 0 Å². The van der Waals surface area contributed by atoms with E-state index in [9.17, 15) is 4.79 Å². The van der Waals surface area contributed by atoms with Crippen molar-refractivity contribution in [2.45, 2.75) is 13.2 Å². The number of amides is 1. The molecule has 0 radical (unpaired) electrons. The number of carbonyl (C=O) groups is 1. The molecule has 2 rings (SSSR count). The molecule has 1 heterocycles. The lowest BCUT2D eigenvalue weighted by Crippen LogP contribution is -2.11. The van der Waals surface area contributed by atoms with Crippen LogP contribution in [0.4, 0.5) is 0 Å². The number of hydrogen-bond donors (Lipinski definition) is 2. The minimum absolute atomic E-state index is 0.294. The van der Waals surface area contributed by atoms with E-state index < -0.39 is 5.91 Å². The van der Waals surface area contributed by atoms with Gasteiger partial charge in [0.05, 0.1) is 5.69 Å². The zero-order valence-corrected chi connectivity index (χ0v) is 10.2. The molecule has 0 saturated heterocycles. The molecule has 0 aliphatic heterocycles. The second kappa shape index (κ2) is 5.92. The molecule has 0 aliphatic carbocycles. The van der Waals surface area contributed by atoms with Gasteiger partial charge in [-0.1, -0.05) is 12.1 Å². The van der Waals surface area contributed by atoms with Crippen LogP contribution in [0.3, 0.4) is 0 Å². The van der Waals surface area contributed by atoms with Crippen LogP contribution in [0.5, 0.6) is 5.88 Å². The fraction of sp³-hybridized carbons (Fsp3) is 0.154. The van der Waals surface area contributed by atoms with Gasteiger partial charge < -0.3 is 16.2 Å². The van der Waals surface area contributed by atoms with Crippen molar-refractivity contribution in [1.29, 1.82) is 0 Å². The third kappa shape index (κ3) is 3.49. The van der Waals surface area contributed by atoms with E-state index in [1.54, 1.807) is 24.3 Å². The summed E-state index contributed by atoms with van der Waals surface area (Å²) in [6.45, 7) is 0.623. The Balaban J connectivity index is 2.05. The monoisotopic (exact) mass is 258 g/mol. The quantitative estimate of drug-likeness (QED) is 0.817. The summed E-state index contributed by atoms with van der Waals surface area (Å²) >= 11 is 0. The van der Waals surface area contributed by atoms with Crippen LogP contribution in [0, 0.1) is 0 Å². The van der Waals surface area contributed by atoms with Gasteiger partial charge in [0.2, 0.25) is 11.8 Å². The van der Waals surface area contributed by atoms with Crippen molar-refractivity contribution in [2.75, 3.05) is 0 Å². The summed E-state index contributed by atoms with van der Waals surface area (Å²) < 4.78 is 5.51. The summed E-state index contributed by atoms with van der Waals surface area (Å²) in [4.78, 5) is 19.0. The molecule has 1 aromatic carbocycles. The van der Waals surface area contributed by atoms with Crippen LogP contribution in [0.2, 0.25) is 0 Å². The second-order valence-electron chi connectivity index (χ2n) is 3.91. The Morgan fingerprint density at radius 2 is 2.11 bits per heavy atom. The van der Waals surface area contributed by atoms with Gasteiger partial charge in [-0.25, -0.2) is 9.97 Å². The molecule has 19 heavy (non-hydrogen) atoms. The molecule has 6 heteroatoms. The highest BCUT2D eigenvalue weighted by Crippen LogP contribution is 2.11. The Hall–Kier alpha value is -2.47. The van der Waals surface area contributed by atoms with Crippen LogP contribution in [0.1, 0.15) is 21.6 Å². The molecule has 0 bridgehead atoms. The van der Waals surface area contributed by atoms with Gasteiger partial charge in [-0.3, -0.25) is 4.79 Å². The Kier molecular flexibility index (Phi) is 4.04.